The lowest BCUT2D eigenvalue weighted by Gasteiger charge is -2.25. The lowest BCUT2D eigenvalue weighted by Crippen LogP contribution is -2.42. The summed E-state index contributed by atoms with van der Waals surface area (Å²) in [5.74, 6) is -1.79. The largest absolute Gasteiger partial charge is 0.481 e. The van der Waals surface area contributed by atoms with Gasteiger partial charge in [0.05, 0.1) is 17.4 Å². The second kappa shape index (κ2) is 5.04. The molecule has 0 aliphatic heterocycles. The van der Waals surface area contributed by atoms with Crippen molar-refractivity contribution in [2.24, 2.45) is 17.8 Å². The highest BCUT2D eigenvalue weighted by molar-refractivity contribution is 5.89. The molecule has 0 aromatic heterocycles. The Morgan fingerprint density at radius 2 is 2.00 bits per heavy atom. The first-order valence-electron chi connectivity index (χ1n) is 5.96. The quantitative estimate of drug-likeness (QED) is 0.638. The summed E-state index contributed by atoms with van der Waals surface area (Å²) in [4.78, 5) is 22.2. The number of aliphatic carboxylic acids is 1. The molecule has 3 unspecified atom stereocenters. The van der Waals surface area contributed by atoms with E-state index in [2.05, 4.69) is 5.32 Å². The summed E-state index contributed by atoms with van der Waals surface area (Å²) in [7, 11) is 0. The Balaban J connectivity index is 2.32. The number of hydrogen-bond acceptors (Lipinski definition) is 3. The molecular weight excluding hydrogens is 222 g/mol. The van der Waals surface area contributed by atoms with Crippen molar-refractivity contribution in [3.63, 3.8) is 0 Å². The maximum Gasteiger partial charge on any atom is 0.307 e. The van der Waals surface area contributed by atoms with Gasteiger partial charge in [0.2, 0.25) is 5.91 Å². The topological polar surface area (TPSA) is 86.6 Å². The van der Waals surface area contributed by atoms with Gasteiger partial charge in [-0.05, 0) is 25.7 Å². The van der Waals surface area contributed by atoms with E-state index in [-0.39, 0.29) is 12.5 Å². The van der Waals surface area contributed by atoms with Crippen LogP contribution < -0.4 is 5.32 Å². The predicted molar refractivity (Wildman–Crippen MR) is 62.3 cm³/mol. The van der Waals surface area contributed by atoms with Gasteiger partial charge in [0.15, 0.2) is 0 Å². The smallest absolute Gasteiger partial charge is 0.307 e. The van der Waals surface area contributed by atoms with Crippen LogP contribution in [0.5, 0.6) is 0 Å². The SMILES string of the molecule is CC(C)CC(C)(O)CNC(=O)C1CC1C(=O)O. The van der Waals surface area contributed by atoms with Crippen LogP contribution in [0.25, 0.3) is 0 Å². The molecule has 3 atom stereocenters. The molecule has 0 bridgehead atoms. The molecule has 0 heterocycles. The Kier molecular flexibility index (Phi) is 4.14. The summed E-state index contributed by atoms with van der Waals surface area (Å²) in [5.41, 5.74) is -0.933. The van der Waals surface area contributed by atoms with Crippen molar-refractivity contribution in [3.8, 4) is 0 Å². The zero-order chi connectivity index (χ0) is 13.2. The van der Waals surface area contributed by atoms with Gasteiger partial charge in [-0.3, -0.25) is 9.59 Å². The van der Waals surface area contributed by atoms with Crippen LogP contribution in [-0.2, 0) is 9.59 Å². The Bertz CT molecular complexity index is 312. The molecule has 0 spiro atoms. The standard InChI is InChI=1S/C12H21NO4/c1-7(2)5-12(3,17)6-13-10(14)8-4-9(8)11(15)16/h7-9,17H,4-6H2,1-3H3,(H,13,14)(H,15,16). The van der Waals surface area contributed by atoms with Gasteiger partial charge >= 0.3 is 5.97 Å². The van der Waals surface area contributed by atoms with Crippen molar-refractivity contribution in [2.45, 2.75) is 39.2 Å². The minimum absolute atomic E-state index is 0.173. The first-order chi connectivity index (χ1) is 7.73. The third kappa shape index (κ3) is 4.34. The molecule has 17 heavy (non-hydrogen) atoms. The highest BCUT2D eigenvalue weighted by Gasteiger charge is 2.48. The van der Waals surface area contributed by atoms with Crippen LogP contribution in [-0.4, -0.2) is 34.2 Å². The molecule has 1 saturated carbocycles. The number of carboxylic acid groups (broad SMARTS) is 1. The molecule has 1 rings (SSSR count). The fourth-order valence-corrected chi connectivity index (χ4v) is 2.12. The van der Waals surface area contributed by atoms with E-state index >= 15 is 0 Å². The summed E-state index contributed by atoms with van der Waals surface area (Å²) in [6.45, 7) is 5.84. The summed E-state index contributed by atoms with van der Waals surface area (Å²) >= 11 is 0. The third-order valence-electron chi connectivity index (χ3n) is 2.94. The van der Waals surface area contributed by atoms with Gasteiger partial charge in [0.1, 0.15) is 0 Å². The van der Waals surface area contributed by atoms with E-state index < -0.39 is 23.4 Å². The molecule has 1 aliphatic rings. The summed E-state index contributed by atoms with van der Waals surface area (Å²) in [6, 6.07) is 0. The molecule has 0 radical (unpaired) electrons. The highest BCUT2D eigenvalue weighted by Crippen LogP contribution is 2.38. The minimum atomic E-state index is -0.933. The Labute approximate surface area is 101 Å². The second-order valence-corrected chi connectivity index (χ2v) is 5.60. The Hall–Kier alpha value is -1.10. The van der Waals surface area contributed by atoms with Gasteiger partial charge in [-0.1, -0.05) is 13.8 Å². The molecule has 1 amide bonds. The van der Waals surface area contributed by atoms with Crippen LogP contribution in [0, 0.1) is 17.8 Å². The molecule has 0 aromatic carbocycles. The zero-order valence-electron chi connectivity index (χ0n) is 10.6. The van der Waals surface area contributed by atoms with Gasteiger partial charge < -0.3 is 15.5 Å². The number of carbonyl (C=O) groups excluding carboxylic acids is 1. The number of hydrogen-bond donors (Lipinski definition) is 3. The van der Waals surface area contributed by atoms with E-state index in [9.17, 15) is 14.7 Å². The third-order valence-corrected chi connectivity index (χ3v) is 2.94. The number of aliphatic hydroxyl groups is 1. The number of carbonyl (C=O) groups is 2. The maximum absolute atomic E-state index is 11.6. The molecular formula is C12H21NO4. The van der Waals surface area contributed by atoms with E-state index in [0.717, 1.165) is 0 Å². The van der Waals surface area contributed by atoms with Crippen LogP contribution in [0.4, 0.5) is 0 Å². The van der Waals surface area contributed by atoms with Crippen molar-refractivity contribution >= 4 is 11.9 Å². The lowest BCUT2D eigenvalue weighted by atomic mass is 9.94. The number of carboxylic acids is 1. The van der Waals surface area contributed by atoms with Crippen LogP contribution in [0.2, 0.25) is 0 Å². The minimum Gasteiger partial charge on any atom is -0.481 e. The van der Waals surface area contributed by atoms with Crippen molar-refractivity contribution in [3.05, 3.63) is 0 Å². The fourth-order valence-electron chi connectivity index (χ4n) is 2.12. The number of nitrogens with one attached hydrogen (secondary N) is 1. The maximum atomic E-state index is 11.6. The predicted octanol–water partition coefficient (Wildman–Crippen LogP) is 0.620. The number of rotatable bonds is 6. The molecule has 3 N–H and O–H groups in total. The zero-order valence-corrected chi connectivity index (χ0v) is 10.6. The van der Waals surface area contributed by atoms with Crippen LogP contribution in [0.1, 0.15) is 33.6 Å². The first kappa shape index (κ1) is 14.0. The summed E-state index contributed by atoms with van der Waals surface area (Å²) in [6.07, 6.45) is 1.01. The summed E-state index contributed by atoms with van der Waals surface area (Å²) in [5, 5.41) is 21.3. The molecule has 1 fully saturated rings. The van der Waals surface area contributed by atoms with Crippen molar-refractivity contribution < 1.29 is 19.8 Å². The number of amides is 1. The molecule has 98 valence electrons. The van der Waals surface area contributed by atoms with Gasteiger partial charge in [-0.2, -0.15) is 0 Å². The molecule has 0 aromatic rings. The first-order valence-corrected chi connectivity index (χ1v) is 5.96. The molecule has 1 aliphatic carbocycles. The Morgan fingerprint density at radius 3 is 2.41 bits per heavy atom. The molecule has 5 nitrogen and oxygen atoms in total. The van der Waals surface area contributed by atoms with Gasteiger partial charge in [0.25, 0.3) is 0 Å². The molecule has 0 saturated heterocycles. The van der Waals surface area contributed by atoms with E-state index in [4.69, 9.17) is 5.11 Å². The van der Waals surface area contributed by atoms with Crippen LogP contribution in [0.15, 0.2) is 0 Å². The molecule has 5 heteroatoms. The van der Waals surface area contributed by atoms with Gasteiger partial charge in [0, 0.05) is 6.54 Å². The van der Waals surface area contributed by atoms with Gasteiger partial charge in [-0.25, -0.2) is 0 Å². The van der Waals surface area contributed by atoms with Crippen LogP contribution in [0.3, 0.4) is 0 Å². The fraction of sp³-hybridized carbons (Fsp3) is 0.833. The monoisotopic (exact) mass is 243 g/mol. The van der Waals surface area contributed by atoms with E-state index in [0.29, 0.717) is 18.8 Å². The van der Waals surface area contributed by atoms with E-state index in [1.807, 2.05) is 13.8 Å². The highest BCUT2D eigenvalue weighted by atomic mass is 16.4. The van der Waals surface area contributed by atoms with Gasteiger partial charge in [-0.15, -0.1) is 0 Å². The van der Waals surface area contributed by atoms with Crippen molar-refractivity contribution in [1.29, 1.82) is 0 Å². The van der Waals surface area contributed by atoms with Crippen LogP contribution >= 0.6 is 0 Å². The normalized spacial score (nSPS) is 26.4. The average molecular weight is 243 g/mol. The van der Waals surface area contributed by atoms with Crippen molar-refractivity contribution in [2.75, 3.05) is 6.54 Å². The Morgan fingerprint density at radius 1 is 1.41 bits per heavy atom. The average Bonchev–Trinajstić information content (AvgIpc) is 2.91. The second-order valence-electron chi connectivity index (χ2n) is 5.60. The lowest BCUT2D eigenvalue weighted by molar-refractivity contribution is -0.140. The van der Waals surface area contributed by atoms with Crippen molar-refractivity contribution in [1.82, 2.24) is 5.32 Å². The van der Waals surface area contributed by atoms with E-state index in [1.54, 1.807) is 6.92 Å². The van der Waals surface area contributed by atoms with E-state index in [1.165, 1.54) is 0 Å². The summed E-state index contributed by atoms with van der Waals surface area (Å²) < 4.78 is 0.